The maximum Gasteiger partial charge on any atom is 0.0727 e. The highest BCUT2D eigenvalue weighted by Crippen LogP contribution is 2.24. The Morgan fingerprint density at radius 1 is 1.24 bits per heavy atom. The summed E-state index contributed by atoms with van der Waals surface area (Å²) in [7, 11) is 0. The third kappa shape index (κ3) is 2.16. The van der Waals surface area contributed by atoms with Crippen LogP contribution in [0.4, 0.5) is 0 Å². The fraction of sp³-hybridized carbons (Fsp3) is 0.357. The van der Waals surface area contributed by atoms with Crippen LogP contribution in [0.2, 0.25) is 0 Å². The van der Waals surface area contributed by atoms with Gasteiger partial charge < -0.3 is 10.5 Å². The molecule has 0 amide bonds. The van der Waals surface area contributed by atoms with Crippen LogP contribution in [0.1, 0.15) is 18.4 Å². The number of hydrogen-bond donors (Lipinski definition) is 1. The quantitative estimate of drug-likeness (QED) is 0.876. The number of para-hydroxylation sites is 1. The van der Waals surface area contributed by atoms with Crippen molar-refractivity contribution in [2.75, 3.05) is 0 Å². The van der Waals surface area contributed by atoms with Gasteiger partial charge >= 0.3 is 0 Å². The molecule has 0 saturated heterocycles. The fourth-order valence-corrected chi connectivity index (χ4v) is 2.23. The van der Waals surface area contributed by atoms with E-state index in [0.29, 0.717) is 18.8 Å². The van der Waals surface area contributed by atoms with E-state index in [0.717, 1.165) is 18.4 Å². The number of nitrogens with two attached hydrogens (primary N) is 1. The van der Waals surface area contributed by atoms with Gasteiger partial charge in [-0.1, -0.05) is 18.2 Å². The van der Waals surface area contributed by atoms with E-state index < -0.39 is 0 Å². The SMILES string of the molecule is NC1CC(OCc2ccnc3ccccc23)C1. The van der Waals surface area contributed by atoms with E-state index in [1.54, 1.807) is 0 Å². The molecule has 0 unspecified atom stereocenters. The summed E-state index contributed by atoms with van der Waals surface area (Å²) in [6, 6.07) is 10.5. The number of ether oxygens (including phenoxy) is 1. The first kappa shape index (κ1) is 10.7. The molecule has 0 atom stereocenters. The zero-order valence-electron chi connectivity index (χ0n) is 9.67. The second-order valence-electron chi connectivity index (χ2n) is 4.65. The molecule has 1 saturated carbocycles. The van der Waals surface area contributed by atoms with Gasteiger partial charge in [0.1, 0.15) is 0 Å². The first-order valence-corrected chi connectivity index (χ1v) is 6.03. The summed E-state index contributed by atoms with van der Waals surface area (Å²) in [5.41, 5.74) is 7.97. The number of hydrogen-bond acceptors (Lipinski definition) is 3. The van der Waals surface area contributed by atoms with Crippen LogP contribution < -0.4 is 5.73 Å². The third-order valence-electron chi connectivity index (χ3n) is 3.35. The Labute approximate surface area is 101 Å². The highest BCUT2D eigenvalue weighted by atomic mass is 16.5. The first-order chi connectivity index (χ1) is 8.33. The Bertz CT molecular complexity index is 515. The minimum absolute atomic E-state index is 0.342. The molecule has 3 rings (SSSR count). The van der Waals surface area contributed by atoms with Gasteiger partial charge in [-0.05, 0) is 30.5 Å². The monoisotopic (exact) mass is 228 g/mol. The molecule has 0 aliphatic heterocycles. The van der Waals surface area contributed by atoms with Crippen LogP contribution >= 0.6 is 0 Å². The van der Waals surface area contributed by atoms with E-state index in [1.807, 2.05) is 30.5 Å². The standard InChI is InChI=1S/C14H16N2O/c15-11-7-12(8-11)17-9-10-5-6-16-14-4-2-1-3-13(10)14/h1-6,11-12H,7-9,15H2. The number of nitrogens with zero attached hydrogens (tertiary/aromatic N) is 1. The van der Waals surface area contributed by atoms with Gasteiger partial charge in [0, 0.05) is 17.6 Å². The highest BCUT2D eigenvalue weighted by molar-refractivity contribution is 5.81. The first-order valence-electron chi connectivity index (χ1n) is 6.03. The van der Waals surface area contributed by atoms with Crippen molar-refractivity contribution in [2.24, 2.45) is 5.73 Å². The maximum atomic E-state index is 5.83. The molecule has 3 heteroatoms. The zero-order chi connectivity index (χ0) is 11.7. The van der Waals surface area contributed by atoms with Crippen molar-refractivity contribution < 1.29 is 4.74 Å². The molecule has 1 aromatic carbocycles. The Morgan fingerprint density at radius 3 is 2.88 bits per heavy atom. The minimum atomic E-state index is 0.342. The molecule has 88 valence electrons. The van der Waals surface area contributed by atoms with Gasteiger partial charge in [-0.15, -0.1) is 0 Å². The lowest BCUT2D eigenvalue weighted by molar-refractivity contribution is -0.0184. The van der Waals surface area contributed by atoms with Crippen LogP contribution in [0.15, 0.2) is 36.5 Å². The molecule has 0 bridgehead atoms. The Hall–Kier alpha value is -1.45. The van der Waals surface area contributed by atoms with Crippen LogP contribution in [0.5, 0.6) is 0 Å². The topological polar surface area (TPSA) is 48.1 Å². The molecule has 1 aliphatic rings. The summed E-state index contributed by atoms with van der Waals surface area (Å²) in [4.78, 5) is 4.34. The predicted molar refractivity (Wildman–Crippen MR) is 67.5 cm³/mol. The van der Waals surface area contributed by atoms with E-state index in [-0.39, 0.29) is 0 Å². The summed E-state index contributed by atoms with van der Waals surface area (Å²) < 4.78 is 5.83. The van der Waals surface area contributed by atoms with Crippen LogP contribution in [0.25, 0.3) is 10.9 Å². The summed E-state index contributed by atoms with van der Waals surface area (Å²) in [5.74, 6) is 0. The summed E-state index contributed by atoms with van der Waals surface area (Å²) in [5, 5.41) is 1.18. The summed E-state index contributed by atoms with van der Waals surface area (Å²) in [6.07, 6.45) is 4.16. The molecular weight excluding hydrogens is 212 g/mol. The average molecular weight is 228 g/mol. The van der Waals surface area contributed by atoms with Gasteiger partial charge in [-0.3, -0.25) is 4.98 Å². The normalized spacial score (nSPS) is 23.6. The van der Waals surface area contributed by atoms with Crippen LogP contribution in [0, 0.1) is 0 Å². The van der Waals surface area contributed by atoms with Gasteiger partial charge in [0.15, 0.2) is 0 Å². The van der Waals surface area contributed by atoms with Gasteiger partial charge in [0.25, 0.3) is 0 Å². The largest absolute Gasteiger partial charge is 0.373 e. The van der Waals surface area contributed by atoms with Crippen LogP contribution in [0.3, 0.4) is 0 Å². The molecule has 3 nitrogen and oxygen atoms in total. The smallest absolute Gasteiger partial charge is 0.0727 e. The van der Waals surface area contributed by atoms with Crippen molar-refractivity contribution in [3.63, 3.8) is 0 Å². The molecule has 0 radical (unpaired) electrons. The second-order valence-corrected chi connectivity index (χ2v) is 4.65. The van der Waals surface area contributed by atoms with E-state index in [1.165, 1.54) is 10.9 Å². The van der Waals surface area contributed by atoms with Crippen molar-refractivity contribution in [1.29, 1.82) is 0 Å². The lowest BCUT2D eigenvalue weighted by Crippen LogP contribution is -2.41. The Morgan fingerprint density at radius 2 is 2.06 bits per heavy atom. The number of pyridine rings is 1. The van der Waals surface area contributed by atoms with Gasteiger partial charge in [0.2, 0.25) is 0 Å². The van der Waals surface area contributed by atoms with Crippen molar-refractivity contribution in [3.8, 4) is 0 Å². The molecule has 1 heterocycles. The molecule has 17 heavy (non-hydrogen) atoms. The minimum Gasteiger partial charge on any atom is -0.373 e. The van der Waals surface area contributed by atoms with Gasteiger partial charge in [-0.25, -0.2) is 0 Å². The molecule has 2 aromatic rings. The maximum absolute atomic E-state index is 5.83. The lowest BCUT2D eigenvalue weighted by atomic mass is 9.90. The molecular formula is C14H16N2O. The summed E-state index contributed by atoms with van der Waals surface area (Å²) >= 11 is 0. The average Bonchev–Trinajstić information content (AvgIpc) is 2.33. The van der Waals surface area contributed by atoms with Crippen LogP contribution in [-0.4, -0.2) is 17.1 Å². The van der Waals surface area contributed by atoms with Gasteiger partial charge in [0.05, 0.1) is 18.2 Å². The number of rotatable bonds is 3. The molecule has 1 aromatic heterocycles. The van der Waals surface area contributed by atoms with Crippen molar-refractivity contribution in [2.45, 2.75) is 31.6 Å². The number of aromatic nitrogens is 1. The fourth-order valence-electron chi connectivity index (χ4n) is 2.23. The van der Waals surface area contributed by atoms with Crippen molar-refractivity contribution in [1.82, 2.24) is 4.98 Å². The number of benzene rings is 1. The van der Waals surface area contributed by atoms with Crippen molar-refractivity contribution >= 4 is 10.9 Å². The van der Waals surface area contributed by atoms with E-state index in [2.05, 4.69) is 11.1 Å². The predicted octanol–water partition coefficient (Wildman–Crippen LogP) is 2.24. The molecule has 1 aliphatic carbocycles. The molecule has 0 spiro atoms. The zero-order valence-corrected chi connectivity index (χ0v) is 9.67. The van der Waals surface area contributed by atoms with Crippen LogP contribution in [-0.2, 0) is 11.3 Å². The van der Waals surface area contributed by atoms with Crippen molar-refractivity contribution in [3.05, 3.63) is 42.1 Å². The number of fused-ring (bicyclic) bond motifs is 1. The van der Waals surface area contributed by atoms with E-state index >= 15 is 0 Å². The van der Waals surface area contributed by atoms with E-state index in [9.17, 15) is 0 Å². The second kappa shape index (κ2) is 4.43. The molecule has 2 N–H and O–H groups in total. The third-order valence-corrected chi connectivity index (χ3v) is 3.35. The van der Waals surface area contributed by atoms with Gasteiger partial charge in [-0.2, -0.15) is 0 Å². The van der Waals surface area contributed by atoms with E-state index in [4.69, 9.17) is 10.5 Å². The lowest BCUT2D eigenvalue weighted by Gasteiger charge is -2.32. The highest BCUT2D eigenvalue weighted by Gasteiger charge is 2.26. The Kier molecular flexibility index (Phi) is 2.79. The molecule has 1 fully saturated rings. The summed E-state index contributed by atoms with van der Waals surface area (Å²) in [6.45, 7) is 0.653. The Balaban J connectivity index is 1.76.